The van der Waals surface area contributed by atoms with E-state index in [1.807, 2.05) is 13.0 Å². The van der Waals surface area contributed by atoms with Crippen molar-refractivity contribution in [3.8, 4) is 0 Å². The zero-order valence-electron chi connectivity index (χ0n) is 11.1. The number of pyridine rings is 1. The fourth-order valence-electron chi connectivity index (χ4n) is 1.96. The standard InChI is InChI=1S/C14H21N3O/c1-3-7-15-13-8-10(2)16-9-12(13)14(18)17-11-5-4-6-11/h8-9,11H,3-7H2,1-2H3,(H,15,16)(H,17,18). The molecule has 98 valence electrons. The van der Waals surface area contributed by atoms with Crippen LogP contribution in [0.3, 0.4) is 0 Å². The molecule has 0 atom stereocenters. The molecule has 1 aliphatic carbocycles. The van der Waals surface area contributed by atoms with Gasteiger partial charge in [0.05, 0.1) is 11.3 Å². The largest absolute Gasteiger partial charge is 0.384 e. The molecular formula is C14H21N3O. The second-order valence-electron chi connectivity index (χ2n) is 4.90. The first-order valence-electron chi connectivity index (χ1n) is 6.72. The van der Waals surface area contributed by atoms with E-state index in [0.29, 0.717) is 11.6 Å². The highest BCUT2D eigenvalue weighted by molar-refractivity contribution is 5.99. The number of hydrogen-bond donors (Lipinski definition) is 2. The molecule has 0 radical (unpaired) electrons. The van der Waals surface area contributed by atoms with E-state index >= 15 is 0 Å². The summed E-state index contributed by atoms with van der Waals surface area (Å²) in [5.41, 5.74) is 2.47. The summed E-state index contributed by atoms with van der Waals surface area (Å²) < 4.78 is 0. The van der Waals surface area contributed by atoms with Crippen molar-refractivity contribution >= 4 is 11.6 Å². The Morgan fingerprint density at radius 3 is 2.89 bits per heavy atom. The summed E-state index contributed by atoms with van der Waals surface area (Å²) in [6, 6.07) is 2.29. The number of aromatic nitrogens is 1. The monoisotopic (exact) mass is 247 g/mol. The highest BCUT2D eigenvalue weighted by Gasteiger charge is 2.21. The van der Waals surface area contributed by atoms with Crippen LogP contribution in [0.25, 0.3) is 0 Å². The van der Waals surface area contributed by atoms with Crippen molar-refractivity contribution in [3.05, 3.63) is 23.5 Å². The van der Waals surface area contributed by atoms with Gasteiger partial charge >= 0.3 is 0 Å². The van der Waals surface area contributed by atoms with Gasteiger partial charge in [0.1, 0.15) is 0 Å². The Labute approximate surface area is 108 Å². The third kappa shape index (κ3) is 3.00. The molecule has 1 aromatic rings. The SMILES string of the molecule is CCCNc1cc(C)ncc1C(=O)NC1CCC1. The topological polar surface area (TPSA) is 54.0 Å². The third-order valence-electron chi connectivity index (χ3n) is 3.29. The van der Waals surface area contributed by atoms with Crippen LogP contribution < -0.4 is 10.6 Å². The van der Waals surface area contributed by atoms with E-state index in [-0.39, 0.29) is 5.91 Å². The van der Waals surface area contributed by atoms with Gasteiger partial charge in [0, 0.05) is 24.5 Å². The number of hydrogen-bond acceptors (Lipinski definition) is 3. The first kappa shape index (κ1) is 12.9. The average molecular weight is 247 g/mol. The molecule has 1 aliphatic rings. The summed E-state index contributed by atoms with van der Waals surface area (Å²) in [6.07, 6.45) is 6.12. The lowest BCUT2D eigenvalue weighted by Gasteiger charge is -2.26. The van der Waals surface area contributed by atoms with Crippen LogP contribution in [0.5, 0.6) is 0 Å². The fraction of sp³-hybridized carbons (Fsp3) is 0.571. The second-order valence-corrected chi connectivity index (χ2v) is 4.90. The predicted octanol–water partition coefficient (Wildman–Crippen LogP) is 2.49. The number of anilines is 1. The molecule has 1 heterocycles. The normalized spacial score (nSPS) is 15.0. The van der Waals surface area contributed by atoms with Crippen LogP contribution in [-0.4, -0.2) is 23.5 Å². The van der Waals surface area contributed by atoms with Gasteiger partial charge in [0.15, 0.2) is 0 Å². The molecule has 0 aliphatic heterocycles. The molecule has 0 aromatic carbocycles. The van der Waals surface area contributed by atoms with Crippen LogP contribution in [0.15, 0.2) is 12.3 Å². The first-order chi connectivity index (χ1) is 8.70. The van der Waals surface area contributed by atoms with Gasteiger partial charge in [-0.05, 0) is 38.7 Å². The average Bonchev–Trinajstić information content (AvgIpc) is 2.31. The van der Waals surface area contributed by atoms with Crippen molar-refractivity contribution in [2.45, 2.75) is 45.6 Å². The Morgan fingerprint density at radius 2 is 2.28 bits per heavy atom. The highest BCUT2D eigenvalue weighted by Crippen LogP contribution is 2.21. The van der Waals surface area contributed by atoms with E-state index in [0.717, 1.165) is 37.2 Å². The van der Waals surface area contributed by atoms with E-state index in [1.54, 1.807) is 6.20 Å². The third-order valence-corrected chi connectivity index (χ3v) is 3.29. The summed E-state index contributed by atoms with van der Waals surface area (Å²) in [6.45, 7) is 4.91. The smallest absolute Gasteiger partial charge is 0.255 e. The van der Waals surface area contributed by atoms with Gasteiger partial charge in [0.2, 0.25) is 0 Å². The van der Waals surface area contributed by atoms with Gasteiger partial charge in [-0.2, -0.15) is 0 Å². The minimum Gasteiger partial charge on any atom is -0.384 e. The lowest BCUT2D eigenvalue weighted by atomic mass is 9.93. The van der Waals surface area contributed by atoms with Gasteiger partial charge in [-0.25, -0.2) is 0 Å². The molecule has 2 N–H and O–H groups in total. The number of carbonyl (C=O) groups excluding carboxylic acids is 1. The highest BCUT2D eigenvalue weighted by atomic mass is 16.1. The molecule has 1 fully saturated rings. The molecule has 1 saturated carbocycles. The molecule has 2 rings (SSSR count). The van der Waals surface area contributed by atoms with E-state index in [1.165, 1.54) is 6.42 Å². The number of rotatable bonds is 5. The Bertz CT molecular complexity index is 427. The molecule has 0 unspecified atom stereocenters. The zero-order valence-corrected chi connectivity index (χ0v) is 11.1. The molecule has 18 heavy (non-hydrogen) atoms. The zero-order chi connectivity index (χ0) is 13.0. The molecular weight excluding hydrogens is 226 g/mol. The number of carbonyl (C=O) groups is 1. The minimum atomic E-state index is -0.00852. The lowest BCUT2D eigenvalue weighted by Crippen LogP contribution is -2.39. The summed E-state index contributed by atoms with van der Waals surface area (Å²) >= 11 is 0. The fourth-order valence-corrected chi connectivity index (χ4v) is 1.96. The van der Waals surface area contributed by atoms with Crippen molar-refractivity contribution in [3.63, 3.8) is 0 Å². The molecule has 4 nitrogen and oxygen atoms in total. The van der Waals surface area contributed by atoms with E-state index in [9.17, 15) is 4.79 Å². The van der Waals surface area contributed by atoms with E-state index in [4.69, 9.17) is 0 Å². The Balaban J connectivity index is 2.11. The van der Waals surface area contributed by atoms with Crippen molar-refractivity contribution in [1.82, 2.24) is 10.3 Å². The maximum Gasteiger partial charge on any atom is 0.255 e. The van der Waals surface area contributed by atoms with Crippen molar-refractivity contribution in [1.29, 1.82) is 0 Å². The van der Waals surface area contributed by atoms with Gasteiger partial charge < -0.3 is 10.6 Å². The summed E-state index contributed by atoms with van der Waals surface area (Å²) in [7, 11) is 0. The van der Waals surface area contributed by atoms with Crippen LogP contribution in [0.4, 0.5) is 5.69 Å². The maximum absolute atomic E-state index is 12.2. The molecule has 1 amide bonds. The molecule has 0 bridgehead atoms. The van der Waals surface area contributed by atoms with Crippen molar-refractivity contribution in [2.75, 3.05) is 11.9 Å². The first-order valence-corrected chi connectivity index (χ1v) is 6.72. The molecule has 0 spiro atoms. The number of nitrogens with one attached hydrogen (secondary N) is 2. The Morgan fingerprint density at radius 1 is 1.50 bits per heavy atom. The Kier molecular flexibility index (Phi) is 4.18. The molecule has 4 heteroatoms. The van der Waals surface area contributed by atoms with Crippen LogP contribution in [0.2, 0.25) is 0 Å². The quantitative estimate of drug-likeness (QED) is 0.840. The van der Waals surface area contributed by atoms with Gasteiger partial charge in [-0.3, -0.25) is 9.78 Å². The second kappa shape index (κ2) is 5.85. The molecule has 1 aromatic heterocycles. The lowest BCUT2D eigenvalue weighted by molar-refractivity contribution is 0.0917. The van der Waals surface area contributed by atoms with Gasteiger partial charge in [-0.1, -0.05) is 6.92 Å². The van der Waals surface area contributed by atoms with Crippen LogP contribution in [-0.2, 0) is 0 Å². The van der Waals surface area contributed by atoms with Crippen molar-refractivity contribution in [2.24, 2.45) is 0 Å². The number of amides is 1. The van der Waals surface area contributed by atoms with E-state index in [2.05, 4.69) is 22.5 Å². The van der Waals surface area contributed by atoms with Crippen LogP contribution >= 0.6 is 0 Å². The van der Waals surface area contributed by atoms with Gasteiger partial charge in [-0.15, -0.1) is 0 Å². The molecule has 0 saturated heterocycles. The minimum absolute atomic E-state index is 0.00852. The maximum atomic E-state index is 12.2. The van der Waals surface area contributed by atoms with E-state index < -0.39 is 0 Å². The predicted molar refractivity (Wildman–Crippen MR) is 72.9 cm³/mol. The number of nitrogens with zero attached hydrogens (tertiary/aromatic N) is 1. The Hall–Kier alpha value is -1.58. The van der Waals surface area contributed by atoms with Crippen molar-refractivity contribution < 1.29 is 4.79 Å². The summed E-state index contributed by atoms with van der Waals surface area (Å²) in [5.74, 6) is -0.00852. The van der Waals surface area contributed by atoms with Gasteiger partial charge in [0.25, 0.3) is 5.91 Å². The summed E-state index contributed by atoms with van der Waals surface area (Å²) in [4.78, 5) is 16.4. The van der Waals surface area contributed by atoms with Crippen LogP contribution in [0, 0.1) is 6.92 Å². The number of aryl methyl sites for hydroxylation is 1. The summed E-state index contributed by atoms with van der Waals surface area (Å²) in [5, 5.41) is 6.34. The van der Waals surface area contributed by atoms with Crippen LogP contribution in [0.1, 0.15) is 48.7 Å².